The number of carbonyl (C=O) groups is 1. The van der Waals surface area contributed by atoms with Gasteiger partial charge in [0.25, 0.3) is 0 Å². The fourth-order valence-electron chi connectivity index (χ4n) is 3.10. The Hall–Kier alpha value is -2.04. The van der Waals surface area contributed by atoms with Crippen LogP contribution < -0.4 is 10.2 Å². The molecule has 4 nitrogen and oxygen atoms in total. The maximum atomic E-state index is 12.4. The zero-order valence-corrected chi connectivity index (χ0v) is 15.5. The number of nitrogens with zero attached hydrogens (tertiary/aromatic N) is 2. The van der Waals surface area contributed by atoms with E-state index in [1.165, 1.54) is 11.3 Å². The number of hydrogen-bond donors (Lipinski definition) is 1. The van der Waals surface area contributed by atoms with Gasteiger partial charge in [-0.25, -0.2) is 0 Å². The van der Waals surface area contributed by atoms with Crippen molar-refractivity contribution in [3.05, 3.63) is 58.6 Å². The van der Waals surface area contributed by atoms with E-state index in [9.17, 15) is 4.79 Å². The lowest BCUT2D eigenvalue weighted by atomic mass is 10.1. The lowest BCUT2D eigenvalue weighted by molar-refractivity contribution is -0.117. The molecule has 0 aliphatic carbocycles. The summed E-state index contributed by atoms with van der Waals surface area (Å²) in [6.45, 7) is 8.11. The van der Waals surface area contributed by atoms with Gasteiger partial charge in [-0.1, -0.05) is 23.7 Å². The smallest absolute Gasteiger partial charge is 0.238 e. The Labute approximate surface area is 154 Å². The minimum Gasteiger partial charge on any atom is -0.369 e. The summed E-state index contributed by atoms with van der Waals surface area (Å²) in [5.41, 5.74) is 4.41. The summed E-state index contributed by atoms with van der Waals surface area (Å²) in [6, 6.07) is 13.9. The molecule has 132 valence electrons. The third-order valence-corrected chi connectivity index (χ3v) is 5.06. The number of nitrogens with one attached hydrogen (secondary N) is 1. The molecule has 1 N–H and O–H groups in total. The van der Waals surface area contributed by atoms with Gasteiger partial charge >= 0.3 is 0 Å². The third-order valence-electron chi connectivity index (χ3n) is 4.81. The van der Waals surface area contributed by atoms with Gasteiger partial charge in [-0.15, -0.1) is 0 Å². The molecule has 3 rings (SSSR count). The molecule has 1 aliphatic rings. The highest BCUT2D eigenvalue weighted by molar-refractivity contribution is 6.30. The van der Waals surface area contributed by atoms with E-state index < -0.39 is 0 Å². The summed E-state index contributed by atoms with van der Waals surface area (Å²) in [5, 5.41) is 3.79. The Morgan fingerprint density at radius 1 is 1.04 bits per heavy atom. The van der Waals surface area contributed by atoms with Crippen molar-refractivity contribution in [2.24, 2.45) is 0 Å². The predicted octanol–water partition coefficient (Wildman–Crippen LogP) is 3.72. The molecule has 1 fully saturated rings. The molecule has 0 spiro atoms. The molecule has 0 atom stereocenters. The zero-order chi connectivity index (χ0) is 17.8. The average molecular weight is 358 g/mol. The number of anilines is 2. The van der Waals surface area contributed by atoms with Gasteiger partial charge in [0.1, 0.15) is 0 Å². The number of benzene rings is 2. The molecule has 2 aromatic carbocycles. The number of hydrogen-bond acceptors (Lipinski definition) is 3. The van der Waals surface area contributed by atoms with Crippen LogP contribution in [0.1, 0.15) is 11.1 Å². The molecule has 5 heteroatoms. The van der Waals surface area contributed by atoms with Gasteiger partial charge in [0.05, 0.1) is 6.54 Å². The summed E-state index contributed by atoms with van der Waals surface area (Å²) < 4.78 is 0. The van der Waals surface area contributed by atoms with Crippen LogP contribution in [0.4, 0.5) is 11.4 Å². The molecule has 25 heavy (non-hydrogen) atoms. The number of aryl methyl sites for hydroxylation is 1. The van der Waals surface area contributed by atoms with E-state index in [0.717, 1.165) is 42.5 Å². The van der Waals surface area contributed by atoms with Gasteiger partial charge in [-0.3, -0.25) is 9.69 Å². The maximum Gasteiger partial charge on any atom is 0.238 e. The Balaban J connectivity index is 1.51. The summed E-state index contributed by atoms with van der Waals surface area (Å²) in [6.07, 6.45) is 0. The van der Waals surface area contributed by atoms with Crippen molar-refractivity contribution >= 4 is 28.9 Å². The van der Waals surface area contributed by atoms with Gasteiger partial charge in [0.15, 0.2) is 0 Å². The molecule has 2 aromatic rings. The highest BCUT2D eigenvalue weighted by Crippen LogP contribution is 2.20. The van der Waals surface area contributed by atoms with Gasteiger partial charge in [-0.2, -0.15) is 0 Å². The molecular weight excluding hydrogens is 334 g/mol. The van der Waals surface area contributed by atoms with Gasteiger partial charge in [0, 0.05) is 42.6 Å². The lowest BCUT2D eigenvalue weighted by Crippen LogP contribution is -2.48. The molecule has 0 bridgehead atoms. The Morgan fingerprint density at radius 3 is 2.40 bits per heavy atom. The topological polar surface area (TPSA) is 35.6 Å². The summed E-state index contributed by atoms with van der Waals surface area (Å²) >= 11 is 5.95. The Morgan fingerprint density at radius 2 is 1.72 bits per heavy atom. The number of halogens is 1. The highest BCUT2D eigenvalue weighted by atomic mass is 35.5. The van der Waals surface area contributed by atoms with E-state index in [1.807, 2.05) is 43.3 Å². The number of rotatable bonds is 4. The lowest BCUT2D eigenvalue weighted by Gasteiger charge is -2.35. The van der Waals surface area contributed by atoms with Crippen LogP contribution in [0.15, 0.2) is 42.5 Å². The van der Waals surface area contributed by atoms with Crippen LogP contribution in [0, 0.1) is 13.8 Å². The Bertz CT molecular complexity index is 737. The molecule has 1 saturated heterocycles. The largest absolute Gasteiger partial charge is 0.369 e. The van der Waals surface area contributed by atoms with Crippen molar-refractivity contribution in [1.29, 1.82) is 0 Å². The van der Waals surface area contributed by atoms with Crippen molar-refractivity contribution in [1.82, 2.24) is 4.90 Å². The van der Waals surface area contributed by atoms with Crippen molar-refractivity contribution in [3.63, 3.8) is 0 Å². The van der Waals surface area contributed by atoms with Crippen LogP contribution in [-0.4, -0.2) is 43.5 Å². The van der Waals surface area contributed by atoms with Gasteiger partial charge < -0.3 is 10.2 Å². The Kier molecular flexibility index (Phi) is 5.61. The maximum absolute atomic E-state index is 12.4. The van der Waals surface area contributed by atoms with Crippen LogP contribution in [0.25, 0.3) is 0 Å². The van der Waals surface area contributed by atoms with E-state index >= 15 is 0 Å². The standard InChI is InChI=1S/C20H24ClN3O/c1-15-4-3-5-19(16(15)2)22-20(25)14-23-10-12-24(13-11-23)18-8-6-17(21)7-9-18/h3-9H,10-14H2,1-2H3,(H,22,25). The normalized spacial score (nSPS) is 15.2. The molecule has 0 radical (unpaired) electrons. The highest BCUT2D eigenvalue weighted by Gasteiger charge is 2.19. The molecule has 0 unspecified atom stereocenters. The van der Waals surface area contributed by atoms with Crippen molar-refractivity contribution in [2.75, 3.05) is 42.9 Å². The van der Waals surface area contributed by atoms with Crippen LogP contribution in [0.5, 0.6) is 0 Å². The molecule has 1 aliphatic heterocycles. The fourth-order valence-corrected chi connectivity index (χ4v) is 3.22. The first-order valence-electron chi connectivity index (χ1n) is 8.62. The molecule has 1 amide bonds. The minimum atomic E-state index is 0.0497. The van der Waals surface area contributed by atoms with E-state index in [2.05, 4.69) is 28.1 Å². The second-order valence-corrected chi connectivity index (χ2v) is 6.97. The molecule has 1 heterocycles. The van der Waals surface area contributed by atoms with Crippen molar-refractivity contribution in [3.8, 4) is 0 Å². The summed E-state index contributed by atoms with van der Waals surface area (Å²) in [7, 11) is 0. The third kappa shape index (κ3) is 4.53. The van der Waals surface area contributed by atoms with Crippen molar-refractivity contribution in [2.45, 2.75) is 13.8 Å². The minimum absolute atomic E-state index is 0.0497. The number of amides is 1. The van der Waals surface area contributed by atoms with Crippen LogP contribution >= 0.6 is 11.6 Å². The number of piperazine rings is 1. The predicted molar refractivity (Wildman–Crippen MR) is 105 cm³/mol. The monoisotopic (exact) mass is 357 g/mol. The zero-order valence-electron chi connectivity index (χ0n) is 14.8. The van der Waals surface area contributed by atoms with E-state index in [0.29, 0.717) is 6.54 Å². The van der Waals surface area contributed by atoms with Crippen LogP contribution in [-0.2, 0) is 4.79 Å². The fraction of sp³-hybridized carbons (Fsp3) is 0.350. The summed E-state index contributed by atoms with van der Waals surface area (Å²) in [5.74, 6) is 0.0497. The average Bonchev–Trinajstić information content (AvgIpc) is 2.60. The number of carbonyl (C=O) groups excluding carboxylic acids is 1. The first-order chi connectivity index (χ1) is 12.0. The summed E-state index contributed by atoms with van der Waals surface area (Å²) in [4.78, 5) is 16.9. The van der Waals surface area contributed by atoms with Crippen LogP contribution in [0.2, 0.25) is 5.02 Å². The van der Waals surface area contributed by atoms with E-state index in [-0.39, 0.29) is 5.91 Å². The molecule has 0 aromatic heterocycles. The van der Waals surface area contributed by atoms with Gasteiger partial charge in [0.2, 0.25) is 5.91 Å². The van der Waals surface area contributed by atoms with E-state index in [4.69, 9.17) is 11.6 Å². The second kappa shape index (κ2) is 7.89. The van der Waals surface area contributed by atoms with Gasteiger partial charge in [-0.05, 0) is 55.3 Å². The quantitative estimate of drug-likeness (QED) is 0.905. The molecular formula is C20H24ClN3O. The van der Waals surface area contributed by atoms with Crippen molar-refractivity contribution < 1.29 is 4.79 Å². The SMILES string of the molecule is Cc1cccc(NC(=O)CN2CCN(c3ccc(Cl)cc3)CC2)c1C. The first-order valence-corrected chi connectivity index (χ1v) is 8.99. The van der Waals surface area contributed by atoms with E-state index in [1.54, 1.807) is 0 Å². The molecule has 0 saturated carbocycles. The first kappa shape index (κ1) is 17.8. The second-order valence-electron chi connectivity index (χ2n) is 6.54. The van der Waals surface area contributed by atoms with Crippen LogP contribution in [0.3, 0.4) is 0 Å².